The van der Waals surface area contributed by atoms with Crippen LogP contribution in [0, 0.1) is 0 Å². The van der Waals surface area contributed by atoms with Gasteiger partial charge < -0.3 is 16.3 Å². The molecule has 0 fully saturated rings. The van der Waals surface area contributed by atoms with Gasteiger partial charge in [-0.25, -0.2) is 0 Å². The van der Waals surface area contributed by atoms with E-state index in [0.717, 1.165) is 13.5 Å². The summed E-state index contributed by atoms with van der Waals surface area (Å²) in [6.45, 7) is 3.74. The highest BCUT2D eigenvalue weighted by molar-refractivity contribution is 5.62. The molecule has 0 aromatic heterocycles. The minimum Gasteiger partial charge on any atom is -0.481 e. The van der Waals surface area contributed by atoms with E-state index in [1.54, 1.807) is 0 Å². The first-order valence-electron chi connectivity index (χ1n) is 2.04. The predicted molar refractivity (Wildman–Crippen MR) is 31.7 cm³/mol. The molecular weight excluding hydrogens is 110 g/mol. The Bertz CT molecular complexity index is 42.5. The van der Waals surface area contributed by atoms with Crippen LogP contribution in [0.25, 0.3) is 0 Å². The van der Waals surface area contributed by atoms with Crippen molar-refractivity contribution >= 4 is 5.97 Å². The van der Waals surface area contributed by atoms with Gasteiger partial charge in [-0.3, -0.25) is 4.79 Å². The van der Waals surface area contributed by atoms with Crippen molar-refractivity contribution in [2.75, 3.05) is 6.54 Å². The van der Waals surface area contributed by atoms with Gasteiger partial charge in [0.05, 0.1) is 0 Å². The van der Waals surface area contributed by atoms with Crippen LogP contribution >= 0.6 is 0 Å². The highest BCUT2D eigenvalue weighted by Gasteiger charge is 1.65. The largest absolute Gasteiger partial charge is 0.481 e. The molecule has 0 unspecified atom stereocenters. The normalized spacial score (nSPS) is 5.38. The van der Waals surface area contributed by atoms with Crippen LogP contribution in [0.3, 0.4) is 0 Å². The molecule has 0 aromatic rings. The van der Waals surface area contributed by atoms with E-state index in [9.17, 15) is 0 Å². The molecule has 5 N–H and O–H groups in total. The van der Waals surface area contributed by atoms with E-state index in [1.165, 1.54) is 0 Å². The standard InChI is InChI=1S/C2H7N.C2H4O2.H2O/c1-2-3;1-2(3)4;/h2-3H2,1H3;1H3,(H,3,4);1H2. The summed E-state index contributed by atoms with van der Waals surface area (Å²) in [4.78, 5) is 9.00. The van der Waals surface area contributed by atoms with E-state index in [2.05, 4.69) is 0 Å². The van der Waals surface area contributed by atoms with Crippen LogP contribution in [-0.2, 0) is 4.79 Å². The summed E-state index contributed by atoms with van der Waals surface area (Å²) in [5.41, 5.74) is 4.85. The van der Waals surface area contributed by atoms with Gasteiger partial charge in [-0.2, -0.15) is 0 Å². The first-order chi connectivity index (χ1) is 3.15. The molecule has 0 heterocycles. The third-order valence-corrected chi connectivity index (χ3v) is 0. The molecule has 0 aliphatic rings. The van der Waals surface area contributed by atoms with Crippen LogP contribution in [-0.4, -0.2) is 23.1 Å². The Morgan fingerprint density at radius 3 is 1.75 bits per heavy atom. The quantitative estimate of drug-likeness (QED) is 0.442. The molecule has 4 nitrogen and oxygen atoms in total. The molecule has 0 amide bonds. The van der Waals surface area contributed by atoms with E-state index in [1.807, 2.05) is 6.92 Å². The SMILES string of the molecule is CC(=O)O.CCN.O. The van der Waals surface area contributed by atoms with Crippen molar-refractivity contribution in [1.82, 2.24) is 0 Å². The second-order valence-corrected chi connectivity index (χ2v) is 0.927. The van der Waals surface area contributed by atoms with Crippen molar-refractivity contribution < 1.29 is 15.4 Å². The molecule has 0 radical (unpaired) electrons. The van der Waals surface area contributed by atoms with E-state index in [4.69, 9.17) is 15.6 Å². The maximum Gasteiger partial charge on any atom is 0.300 e. The van der Waals surface area contributed by atoms with Crippen molar-refractivity contribution in [2.45, 2.75) is 13.8 Å². The monoisotopic (exact) mass is 123 g/mol. The number of hydrogen-bond acceptors (Lipinski definition) is 2. The average Bonchev–Trinajstić information content (AvgIpc) is 1.33. The predicted octanol–water partition coefficient (Wildman–Crippen LogP) is -0.769. The summed E-state index contributed by atoms with van der Waals surface area (Å²) in [5, 5.41) is 7.42. The molecule has 0 aromatic carbocycles. The van der Waals surface area contributed by atoms with Gasteiger partial charge in [0, 0.05) is 6.92 Å². The highest BCUT2D eigenvalue weighted by Crippen LogP contribution is 1.42. The minimum atomic E-state index is -0.833. The summed E-state index contributed by atoms with van der Waals surface area (Å²) in [5.74, 6) is -0.833. The van der Waals surface area contributed by atoms with Crippen LogP contribution in [0.5, 0.6) is 0 Å². The molecule has 0 aliphatic carbocycles. The summed E-state index contributed by atoms with van der Waals surface area (Å²) in [6.07, 6.45) is 0. The first-order valence-corrected chi connectivity index (χ1v) is 2.04. The fraction of sp³-hybridized carbons (Fsp3) is 0.750. The average molecular weight is 123 g/mol. The van der Waals surface area contributed by atoms with Crippen molar-refractivity contribution in [2.24, 2.45) is 5.73 Å². The topological polar surface area (TPSA) is 94.8 Å². The lowest BCUT2D eigenvalue weighted by molar-refractivity contribution is -0.134. The van der Waals surface area contributed by atoms with E-state index < -0.39 is 5.97 Å². The number of aliphatic carboxylic acids is 1. The Morgan fingerprint density at radius 2 is 1.75 bits per heavy atom. The third-order valence-electron chi connectivity index (χ3n) is 0. The number of hydrogen-bond donors (Lipinski definition) is 2. The maximum absolute atomic E-state index is 9.00. The number of rotatable bonds is 0. The fourth-order valence-electron chi connectivity index (χ4n) is 0. The van der Waals surface area contributed by atoms with Crippen molar-refractivity contribution in [3.05, 3.63) is 0 Å². The summed E-state index contributed by atoms with van der Waals surface area (Å²) >= 11 is 0. The van der Waals surface area contributed by atoms with Gasteiger partial charge in [0.15, 0.2) is 0 Å². The van der Waals surface area contributed by atoms with Crippen LogP contribution in [0.1, 0.15) is 13.8 Å². The summed E-state index contributed by atoms with van der Waals surface area (Å²) in [7, 11) is 0. The number of carbonyl (C=O) groups is 1. The maximum atomic E-state index is 9.00. The number of carboxylic acid groups (broad SMARTS) is 1. The zero-order valence-electron chi connectivity index (χ0n) is 5.14. The third kappa shape index (κ3) is 279. The number of nitrogens with two attached hydrogens (primary N) is 1. The van der Waals surface area contributed by atoms with Crippen molar-refractivity contribution in [1.29, 1.82) is 0 Å². The number of carboxylic acids is 1. The van der Waals surface area contributed by atoms with Gasteiger partial charge >= 0.3 is 0 Å². The molecule has 0 saturated heterocycles. The van der Waals surface area contributed by atoms with Crippen molar-refractivity contribution in [3.63, 3.8) is 0 Å². The van der Waals surface area contributed by atoms with Gasteiger partial charge in [-0.05, 0) is 6.54 Å². The van der Waals surface area contributed by atoms with E-state index >= 15 is 0 Å². The van der Waals surface area contributed by atoms with Crippen LogP contribution in [0.4, 0.5) is 0 Å². The molecular formula is C4H13NO3. The zero-order chi connectivity index (χ0) is 6.28. The molecule has 8 heavy (non-hydrogen) atoms. The van der Waals surface area contributed by atoms with Crippen molar-refractivity contribution in [3.8, 4) is 0 Å². The van der Waals surface area contributed by atoms with Crippen LogP contribution in [0.2, 0.25) is 0 Å². The Hall–Kier alpha value is -0.610. The molecule has 0 aliphatic heterocycles. The molecule has 0 saturated carbocycles. The Balaban J connectivity index is -0.0000000575. The van der Waals surface area contributed by atoms with Gasteiger partial charge in [-0.15, -0.1) is 0 Å². The second-order valence-electron chi connectivity index (χ2n) is 0.927. The van der Waals surface area contributed by atoms with Crippen LogP contribution in [0.15, 0.2) is 0 Å². The molecule has 0 spiro atoms. The fourth-order valence-corrected chi connectivity index (χ4v) is 0. The zero-order valence-corrected chi connectivity index (χ0v) is 5.14. The lowest BCUT2D eigenvalue weighted by Gasteiger charge is -1.59. The Morgan fingerprint density at radius 1 is 1.75 bits per heavy atom. The Kier molecular flexibility index (Phi) is 31.6. The highest BCUT2D eigenvalue weighted by atomic mass is 16.4. The minimum absolute atomic E-state index is 0. The smallest absolute Gasteiger partial charge is 0.300 e. The van der Waals surface area contributed by atoms with Gasteiger partial charge in [-0.1, -0.05) is 6.92 Å². The molecule has 4 heteroatoms. The van der Waals surface area contributed by atoms with Gasteiger partial charge in [0.1, 0.15) is 0 Å². The van der Waals surface area contributed by atoms with Gasteiger partial charge in [0.2, 0.25) is 0 Å². The first kappa shape index (κ1) is 15.7. The lowest BCUT2D eigenvalue weighted by atomic mass is 10.8. The molecule has 0 atom stereocenters. The summed E-state index contributed by atoms with van der Waals surface area (Å²) < 4.78 is 0. The Labute approximate surface area is 48.6 Å². The molecule has 0 rings (SSSR count). The molecule has 52 valence electrons. The lowest BCUT2D eigenvalue weighted by Crippen LogP contribution is -1.87. The van der Waals surface area contributed by atoms with E-state index in [-0.39, 0.29) is 5.48 Å². The van der Waals surface area contributed by atoms with Gasteiger partial charge in [0.25, 0.3) is 5.97 Å². The molecule has 0 bridgehead atoms. The van der Waals surface area contributed by atoms with Crippen LogP contribution < -0.4 is 5.73 Å². The summed E-state index contributed by atoms with van der Waals surface area (Å²) in [6, 6.07) is 0. The second kappa shape index (κ2) is 16.2. The van der Waals surface area contributed by atoms with E-state index in [0.29, 0.717) is 0 Å².